The van der Waals surface area contributed by atoms with Gasteiger partial charge in [-0.05, 0) is 36.2 Å². The number of aromatic nitrogens is 1. The third kappa shape index (κ3) is 4.91. The maximum Gasteiger partial charge on any atom is 0.573 e. The van der Waals surface area contributed by atoms with E-state index in [0.717, 1.165) is 0 Å². The highest BCUT2D eigenvalue weighted by molar-refractivity contribution is 6.30. The van der Waals surface area contributed by atoms with Crippen LogP contribution in [-0.2, 0) is 4.79 Å². The van der Waals surface area contributed by atoms with Gasteiger partial charge in [0.25, 0.3) is 5.56 Å². The monoisotopic (exact) mass is 398 g/mol. The first-order valence-corrected chi connectivity index (χ1v) is 8.35. The fourth-order valence-electron chi connectivity index (χ4n) is 2.75. The molecule has 1 fully saturated rings. The van der Waals surface area contributed by atoms with Gasteiger partial charge < -0.3 is 15.0 Å². The second-order valence-corrected chi connectivity index (χ2v) is 6.32. The summed E-state index contributed by atoms with van der Waals surface area (Å²) in [5.41, 5.74) is 1.03. The number of alkyl halides is 3. The summed E-state index contributed by atoms with van der Waals surface area (Å²) >= 11 is 5.76. The SMILES string of the molecule is O=C1CC[C@H](/C=C(/c2ccc(OC(F)(F)F)cc2)c2ccc(Cl)c(=O)[nH]2)N1. The fourth-order valence-corrected chi connectivity index (χ4v) is 2.86. The Morgan fingerprint density at radius 2 is 1.85 bits per heavy atom. The number of pyridine rings is 1. The molecule has 1 amide bonds. The van der Waals surface area contributed by atoms with Gasteiger partial charge in [0.15, 0.2) is 0 Å². The molecule has 0 unspecified atom stereocenters. The summed E-state index contributed by atoms with van der Waals surface area (Å²) < 4.78 is 40.9. The zero-order chi connectivity index (χ0) is 19.6. The van der Waals surface area contributed by atoms with Crippen LogP contribution < -0.4 is 15.6 Å². The fraction of sp³-hybridized carbons (Fsp3) is 0.222. The Kier molecular flexibility index (Phi) is 5.27. The van der Waals surface area contributed by atoms with Crippen molar-refractivity contribution in [2.45, 2.75) is 25.2 Å². The molecule has 1 atom stereocenters. The smallest absolute Gasteiger partial charge is 0.406 e. The maximum atomic E-state index is 12.3. The lowest BCUT2D eigenvalue weighted by Gasteiger charge is -2.13. The molecule has 1 aromatic heterocycles. The second kappa shape index (κ2) is 7.48. The van der Waals surface area contributed by atoms with Gasteiger partial charge in [0, 0.05) is 23.7 Å². The van der Waals surface area contributed by atoms with Crippen molar-refractivity contribution >= 4 is 23.1 Å². The standard InChI is InChI=1S/C18H14ClF3N2O3/c19-14-6-7-15(24-17(14)26)13(9-11-3-8-16(25)23-11)10-1-4-12(5-2-10)27-18(20,21)22/h1-2,4-7,9,11H,3,8H2,(H,23,25)(H,24,26)/b13-9-/t11-/m1/s1. The van der Waals surface area contributed by atoms with E-state index in [1.54, 1.807) is 12.1 Å². The van der Waals surface area contributed by atoms with Crippen molar-refractivity contribution in [1.82, 2.24) is 10.3 Å². The van der Waals surface area contributed by atoms with E-state index in [9.17, 15) is 22.8 Å². The number of benzene rings is 1. The third-order valence-corrected chi connectivity index (χ3v) is 4.24. The van der Waals surface area contributed by atoms with E-state index in [0.29, 0.717) is 29.7 Å². The molecule has 1 aromatic carbocycles. The topological polar surface area (TPSA) is 71.2 Å². The molecule has 2 aromatic rings. The third-order valence-electron chi connectivity index (χ3n) is 3.95. The summed E-state index contributed by atoms with van der Waals surface area (Å²) in [5, 5.41) is 2.80. The molecule has 0 aliphatic carbocycles. The first-order chi connectivity index (χ1) is 12.7. The number of halogens is 4. The van der Waals surface area contributed by atoms with Crippen molar-refractivity contribution in [1.29, 1.82) is 0 Å². The summed E-state index contributed by atoms with van der Waals surface area (Å²) in [6, 6.07) is 8.01. The van der Waals surface area contributed by atoms with Crippen LogP contribution in [0.25, 0.3) is 5.57 Å². The van der Waals surface area contributed by atoms with Gasteiger partial charge in [-0.3, -0.25) is 9.59 Å². The predicted octanol–water partition coefficient (Wildman–Crippen LogP) is 3.64. The molecule has 0 spiro atoms. The molecular weight excluding hydrogens is 385 g/mol. The minimum absolute atomic E-state index is 0.0150. The van der Waals surface area contributed by atoms with E-state index in [1.165, 1.54) is 30.3 Å². The van der Waals surface area contributed by atoms with Gasteiger partial charge in [0.05, 0.1) is 0 Å². The van der Waals surface area contributed by atoms with Crippen LogP contribution in [0.15, 0.2) is 47.3 Å². The van der Waals surface area contributed by atoms with Crippen LogP contribution in [0.4, 0.5) is 13.2 Å². The molecule has 2 N–H and O–H groups in total. The zero-order valence-corrected chi connectivity index (χ0v) is 14.5. The largest absolute Gasteiger partial charge is 0.573 e. The molecule has 27 heavy (non-hydrogen) atoms. The first-order valence-electron chi connectivity index (χ1n) is 7.98. The lowest BCUT2D eigenvalue weighted by atomic mass is 9.99. The van der Waals surface area contributed by atoms with Gasteiger partial charge in [-0.15, -0.1) is 13.2 Å². The normalized spacial score (nSPS) is 17.7. The molecule has 0 saturated carbocycles. The Hall–Kier alpha value is -2.74. The van der Waals surface area contributed by atoms with E-state index in [1.807, 2.05) is 0 Å². The molecule has 0 bridgehead atoms. The summed E-state index contributed by atoms with van der Waals surface area (Å²) in [5.74, 6) is -0.446. The van der Waals surface area contributed by atoms with Crippen LogP contribution in [0.1, 0.15) is 24.1 Å². The maximum absolute atomic E-state index is 12.3. The second-order valence-electron chi connectivity index (χ2n) is 5.91. The van der Waals surface area contributed by atoms with E-state index >= 15 is 0 Å². The van der Waals surface area contributed by atoms with Gasteiger partial charge in [-0.1, -0.05) is 29.8 Å². The molecule has 1 aliphatic heterocycles. The van der Waals surface area contributed by atoms with Crippen molar-refractivity contribution in [3.63, 3.8) is 0 Å². The van der Waals surface area contributed by atoms with Gasteiger partial charge in [0.1, 0.15) is 10.8 Å². The molecule has 1 saturated heterocycles. The van der Waals surface area contributed by atoms with Crippen LogP contribution in [0.2, 0.25) is 5.02 Å². The van der Waals surface area contributed by atoms with Gasteiger partial charge in [0.2, 0.25) is 5.91 Å². The Bertz CT molecular complexity index is 936. The molecule has 5 nitrogen and oxygen atoms in total. The van der Waals surface area contributed by atoms with Crippen LogP contribution >= 0.6 is 11.6 Å². The minimum atomic E-state index is -4.78. The summed E-state index contributed by atoms with van der Waals surface area (Å²) in [7, 11) is 0. The van der Waals surface area contributed by atoms with Gasteiger partial charge in [-0.25, -0.2) is 0 Å². The van der Waals surface area contributed by atoms with Crippen molar-refractivity contribution in [3.8, 4) is 5.75 Å². The number of hydrogen-bond acceptors (Lipinski definition) is 3. The van der Waals surface area contributed by atoms with Gasteiger partial charge >= 0.3 is 6.36 Å². The molecule has 142 valence electrons. The van der Waals surface area contributed by atoms with Crippen molar-refractivity contribution in [2.24, 2.45) is 0 Å². The highest BCUT2D eigenvalue weighted by Crippen LogP contribution is 2.28. The average Bonchev–Trinajstić information content (AvgIpc) is 3.00. The number of hydrogen-bond donors (Lipinski definition) is 2. The number of carbonyl (C=O) groups excluding carboxylic acids is 1. The van der Waals surface area contributed by atoms with E-state index < -0.39 is 11.9 Å². The molecular formula is C18H14ClF3N2O3. The quantitative estimate of drug-likeness (QED) is 0.826. The number of rotatable bonds is 4. The molecule has 3 rings (SSSR count). The minimum Gasteiger partial charge on any atom is -0.406 e. The molecule has 2 heterocycles. The Morgan fingerprint density at radius 1 is 1.15 bits per heavy atom. The highest BCUT2D eigenvalue weighted by Gasteiger charge is 2.31. The van der Waals surface area contributed by atoms with Crippen molar-refractivity contribution in [3.05, 3.63) is 69.1 Å². The Labute approximate surface area is 156 Å². The van der Waals surface area contributed by atoms with E-state index in [-0.39, 0.29) is 22.7 Å². The average molecular weight is 399 g/mol. The molecule has 1 aliphatic rings. The van der Waals surface area contributed by atoms with Crippen LogP contribution in [0.5, 0.6) is 5.75 Å². The number of ether oxygens (including phenoxy) is 1. The lowest BCUT2D eigenvalue weighted by molar-refractivity contribution is -0.274. The lowest BCUT2D eigenvalue weighted by Crippen LogP contribution is -2.23. The van der Waals surface area contributed by atoms with Crippen LogP contribution in [0, 0.1) is 0 Å². The zero-order valence-electron chi connectivity index (χ0n) is 13.8. The number of carbonyl (C=O) groups is 1. The summed E-state index contributed by atoms with van der Waals surface area (Å²) in [4.78, 5) is 25.9. The van der Waals surface area contributed by atoms with Gasteiger partial charge in [-0.2, -0.15) is 0 Å². The predicted molar refractivity (Wildman–Crippen MR) is 93.4 cm³/mol. The Balaban J connectivity index is 1.99. The number of H-pyrrole nitrogens is 1. The first kappa shape index (κ1) is 19.0. The summed E-state index contributed by atoms with van der Waals surface area (Å²) in [6.07, 6.45) is -2.07. The molecule has 9 heteroatoms. The van der Waals surface area contributed by atoms with Crippen LogP contribution in [-0.4, -0.2) is 23.3 Å². The highest BCUT2D eigenvalue weighted by atomic mass is 35.5. The Morgan fingerprint density at radius 3 is 2.41 bits per heavy atom. The van der Waals surface area contributed by atoms with Crippen LogP contribution in [0.3, 0.4) is 0 Å². The van der Waals surface area contributed by atoms with E-state index in [2.05, 4.69) is 15.0 Å². The van der Waals surface area contributed by atoms with E-state index in [4.69, 9.17) is 11.6 Å². The number of amides is 1. The number of nitrogens with one attached hydrogen (secondary N) is 2. The van der Waals surface area contributed by atoms with Crippen molar-refractivity contribution in [2.75, 3.05) is 0 Å². The van der Waals surface area contributed by atoms with Crippen molar-refractivity contribution < 1.29 is 22.7 Å². The number of aromatic amines is 1. The summed E-state index contributed by atoms with van der Waals surface area (Å²) in [6.45, 7) is 0. The molecule has 0 radical (unpaired) electrons.